The molecule has 1 aromatic heterocycles. The number of hydrogen-bond acceptors (Lipinski definition) is 5. The summed E-state index contributed by atoms with van der Waals surface area (Å²) in [4.78, 5) is 25.3. The number of carbonyl (C=O) groups is 1. The Balaban J connectivity index is 1.05. The zero-order valence-electron chi connectivity index (χ0n) is 26.4. The molecular formula is C38H50N4O2. The van der Waals surface area contributed by atoms with Crippen LogP contribution in [0, 0.1) is 11.3 Å². The highest BCUT2D eigenvalue weighted by atomic mass is 16.5. The number of ether oxygens (including phenoxy) is 1. The number of pyridine rings is 1. The number of fused-ring (bicyclic) bond motifs is 1. The van der Waals surface area contributed by atoms with Gasteiger partial charge in [0.15, 0.2) is 0 Å². The highest BCUT2D eigenvalue weighted by Gasteiger charge is 2.37. The molecule has 6 rings (SSSR count). The molecule has 0 N–H and O–H groups in total. The van der Waals surface area contributed by atoms with Crippen molar-refractivity contribution in [2.24, 2.45) is 11.3 Å². The average Bonchev–Trinajstić information content (AvgIpc) is 3.05. The molecule has 2 fully saturated rings. The molecule has 6 heteroatoms. The van der Waals surface area contributed by atoms with Crippen LogP contribution in [0.15, 0.2) is 79.0 Å². The summed E-state index contributed by atoms with van der Waals surface area (Å²) < 4.78 is 6.34. The molecule has 3 aliphatic rings. The van der Waals surface area contributed by atoms with Crippen molar-refractivity contribution in [3.8, 4) is 5.75 Å². The lowest BCUT2D eigenvalue weighted by Gasteiger charge is -2.45. The van der Waals surface area contributed by atoms with Crippen LogP contribution in [0.5, 0.6) is 5.75 Å². The van der Waals surface area contributed by atoms with Gasteiger partial charge in [-0.05, 0) is 105 Å². The summed E-state index contributed by atoms with van der Waals surface area (Å²) in [7, 11) is 0. The van der Waals surface area contributed by atoms with Gasteiger partial charge in [-0.15, -0.1) is 0 Å². The minimum absolute atomic E-state index is 0.222. The number of para-hydroxylation sites is 1. The molecule has 0 bridgehead atoms. The topological polar surface area (TPSA) is 48.9 Å². The lowest BCUT2D eigenvalue weighted by Crippen LogP contribution is -2.51. The van der Waals surface area contributed by atoms with E-state index in [9.17, 15) is 4.79 Å². The van der Waals surface area contributed by atoms with Gasteiger partial charge >= 0.3 is 0 Å². The summed E-state index contributed by atoms with van der Waals surface area (Å²) >= 11 is 0. The second-order valence-corrected chi connectivity index (χ2v) is 13.5. The van der Waals surface area contributed by atoms with E-state index in [2.05, 4.69) is 86.4 Å². The fourth-order valence-corrected chi connectivity index (χ4v) is 7.67. The van der Waals surface area contributed by atoms with Crippen LogP contribution in [-0.2, 0) is 24.2 Å². The lowest BCUT2D eigenvalue weighted by molar-refractivity contribution is -0.135. The van der Waals surface area contributed by atoms with Crippen molar-refractivity contribution in [2.75, 3.05) is 52.4 Å². The Morgan fingerprint density at radius 1 is 0.818 bits per heavy atom. The molecule has 3 aliphatic heterocycles. The van der Waals surface area contributed by atoms with Crippen LogP contribution < -0.4 is 4.74 Å². The first-order valence-electron chi connectivity index (χ1n) is 17.0. The van der Waals surface area contributed by atoms with Gasteiger partial charge in [0.25, 0.3) is 0 Å². The number of hydrogen-bond donors (Lipinski definition) is 0. The molecule has 6 nitrogen and oxygen atoms in total. The molecule has 234 valence electrons. The predicted molar refractivity (Wildman–Crippen MR) is 177 cm³/mol. The molecule has 1 spiro atoms. The molecule has 0 saturated carbocycles. The zero-order chi connectivity index (χ0) is 30.0. The van der Waals surface area contributed by atoms with Crippen molar-refractivity contribution in [3.05, 3.63) is 95.8 Å². The number of amides is 1. The SMILES string of the molecule is O=C(CN1CCC(Cc2ccccc2)CC1)N1CCC2(CCCCc3ccccc3OCCN(Cc3ccccn3)C2)CC1. The number of benzene rings is 2. The second-order valence-electron chi connectivity index (χ2n) is 13.5. The monoisotopic (exact) mass is 594 g/mol. The Labute approximate surface area is 264 Å². The summed E-state index contributed by atoms with van der Waals surface area (Å²) in [5.74, 6) is 2.09. The van der Waals surface area contributed by atoms with Gasteiger partial charge in [0.1, 0.15) is 12.4 Å². The Morgan fingerprint density at radius 2 is 1.59 bits per heavy atom. The zero-order valence-corrected chi connectivity index (χ0v) is 26.4. The van der Waals surface area contributed by atoms with Gasteiger partial charge < -0.3 is 9.64 Å². The normalized spacial score (nSPS) is 20.7. The van der Waals surface area contributed by atoms with E-state index in [4.69, 9.17) is 4.74 Å². The maximum absolute atomic E-state index is 13.5. The van der Waals surface area contributed by atoms with Crippen LogP contribution in [0.3, 0.4) is 0 Å². The van der Waals surface area contributed by atoms with Crippen molar-refractivity contribution in [1.29, 1.82) is 0 Å². The quantitative estimate of drug-likeness (QED) is 0.338. The van der Waals surface area contributed by atoms with Crippen molar-refractivity contribution in [1.82, 2.24) is 19.7 Å². The van der Waals surface area contributed by atoms with Gasteiger partial charge in [-0.2, -0.15) is 0 Å². The first-order chi connectivity index (χ1) is 21.6. The Bertz CT molecular complexity index is 1300. The van der Waals surface area contributed by atoms with Gasteiger partial charge in [0.2, 0.25) is 5.91 Å². The summed E-state index contributed by atoms with van der Waals surface area (Å²) in [6.07, 6.45) is 12.2. The van der Waals surface area contributed by atoms with Crippen molar-refractivity contribution >= 4 is 5.91 Å². The average molecular weight is 595 g/mol. The smallest absolute Gasteiger partial charge is 0.236 e. The van der Waals surface area contributed by atoms with E-state index >= 15 is 0 Å². The van der Waals surface area contributed by atoms with E-state index in [1.54, 1.807) is 0 Å². The van der Waals surface area contributed by atoms with Crippen molar-refractivity contribution in [3.63, 3.8) is 0 Å². The number of aryl methyl sites for hydroxylation is 1. The van der Waals surface area contributed by atoms with Crippen LogP contribution in [0.25, 0.3) is 0 Å². The summed E-state index contributed by atoms with van der Waals surface area (Å²) in [6, 6.07) is 25.6. The van der Waals surface area contributed by atoms with E-state index in [-0.39, 0.29) is 5.41 Å². The number of carbonyl (C=O) groups excluding carboxylic acids is 1. The predicted octanol–water partition coefficient (Wildman–Crippen LogP) is 6.25. The molecule has 1 amide bonds. The molecule has 2 aromatic carbocycles. The van der Waals surface area contributed by atoms with E-state index in [0.29, 0.717) is 19.1 Å². The Hall–Kier alpha value is -3.22. The van der Waals surface area contributed by atoms with Crippen LogP contribution in [0.1, 0.15) is 61.8 Å². The molecular weight excluding hydrogens is 544 g/mol. The summed E-state index contributed by atoms with van der Waals surface area (Å²) in [5.41, 5.74) is 4.09. The molecule has 4 heterocycles. The van der Waals surface area contributed by atoms with Gasteiger partial charge in [0, 0.05) is 38.9 Å². The molecule has 0 atom stereocenters. The van der Waals surface area contributed by atoms with E-state index in [0.717, 1.165) is 88.9 Å². The van der Waals surface area contributed by atoms with Crippen LogP contribution in [0.4, 0.5) is 0 Å². The molecule has 0 radical (unpaired) electrons. The highest BCUT2D eigenvalue weighted by Crippen LogP contribution is 2.39. The van der Waals surface area contributed by atoms with Crippen LogP contribution >= 0.6 is 0 Å². The first kappa shape index (κ1) is 30.8. The third-order valence-corrected chi connectivity index (χ3v) is 10.3. The van der Waals surface area contributed by atoms with Gasteiger partial charge in [0.05, 0.1) is 12.2 Å². The van der Waals surface area contributed by atoms with Crippen molar-refractivity contribution < 1.29 is 9.53 Å². The van der Waals surface area contributed by atoms with Gasteiger partial charge in [-0.3, -0.25) is 19.6 Å². The van der Waals surface area contributed by atoms with Gasteiger partial charge in [-0.25, -0.2) is 0 Å². The number of aromatic nitrogens is 1. The minimum atomic E-state index is 0.222. The summed E-state index contributed by atoms with van der Waals surface area (Å²) in [5, 5.41) is 0. The standard InChI is InChI=1S/C38H50N4O2/c43-37(30-40-22-16-33(17-23-40)28-32-10-2-1-3-11-32)42-24-19-38(20-25-42)18-8-6-13-34-12-4-5-15-36(34)44-27-26-41(31-38)29-35-14-7-9-21-39-35/h1-5,7,9-12,14-15,21,33H,6,8,13,16-20,22-31H2. The maximum atomic E-state index is 13.5. The van der Waals surface area contributed by atoms with E-state index < -0.39 is 0 Å². The number of likely N-dealkylation sites (tertiary alicyclic amines) is 2. The fourth-order valence-electron chi connectivity index (χ4n) is 7.67. The number of nitrogens with zero attached hydrogens (tertiary/aromatic N) is 4. The second kappa shape index (κ2) is 15.2. The number of rotatable bonds is 6. The first-order valence-corrected chi connectivity index (χ1v) is 17.0. The Kier molecular flexibility index (Phi) is 10.6. The molecule has 3 aromatic rings. The number of piperidine rings is 2. The van der Waals surface area contributed by atoms with Gasteiger partial charge in [-0.1, -0.05) is 61.0 Å². The highest BCUT2D eigenvalue weighted by molar-refractivity contribution is 5.78. The Morgan fingerprint density at radius 3 is 2.39 bits per heavy atom. The third-order valence-electron chi connectivity index (χ3n) is 10.3. The minimum Gasteiger partial charge on any atom is -0.492 e. The van der Waals surface area contributed by atoms with Crippen molar-refractivity contribution in [2.45, 2.75) is 64.3 Å². The maximum Gasteiger partial charge on any atom is 0.236 e. The molecule has 0 unspecified atom stereocenters. The third kappa shape index (κ3) is 8.48. The molecule has 44 heavy (non-hydrogen) atoms. The van der Waals surface area contributed by atoms with Crippen LogP contribution in [0.2, 0.25) is 0 Å². The lowest BCUT2D eigenvalue weighted by atomic mass is 9.73. The van der Waals surface area contributed by atoms with Crippen LogP contribution in [-0.4, -0.2) is 78.0 Å². The molecule has 2 saturated heterocycles. The van der Waals surface area contributed by atoms with E-state index in [1.807, 2.05) is 12.3 Å². The fraction of sp³-hybridized carbons (Fsp3) is 0.526. The summed E-state index contributed by atoms with van der Waals surface area (Å²) in [6.45, 7) is 7.81. The molecule has 0 aliphatic carbocycles. The van der Waals surface area contributed by atoms with E-state index in [1.165, 1.54) is 43.2 Å². The largest absolute Gasteiger partial charge is 0.492 e.